The van der Waals surface area contributed by atoms with Crippen molar-refractivity contribution in [1.29, 1.82) is 0 Å². The first kappa shape index (κ1) is 15.9. The highest BCUT2D eigenvalue weighted by molar-refractivity contribution is 5.92. The second kappa shape index (κ2) is 6.05. The van der Waals surface area contributed by atoms with Crippen LogP contribution in [-0.4, -0.2) is 27.5 Å². The normalized spacial score (nSPS) is 17.6. The molecule has 2 aromatic carbocycles. The van der Waals surface area contributed by atoms with Gasteiger partial charge in [-0.2, -0.15) is 0 Å². The van der Waals surface area contributed by atoms with Crippen molar-refractivity contribution in [3.8, 4) is 0 Å². The average molecular weight is 334 g/mol. The highest BCUT2D eigenvalue weighted by atomic mass is 16.4. The van der Waals surface area contributed by atoms with Crippen LogP contribution in [0.1, 0.15) is 33.9 Å². The summed E-state index contributed by atoms with van der Waals surface area (Å²) in [5.74, 6) is -1.28. The summed E-state index contributed by atoms with van der Waals surface area (Å²) in [5, 5.41) is 11.0. The van der Waals surface area contributed by atoms with Gasteiger partial charge in [0.05, 0.1) is 0 Å². The Morgan fingerprint density at radius 2 is 1.88 bits per heavy atom. The lowest BCUT2D eigenvalue weighted by atomic mass is 9.93. The van der Waals surface area contributed by atoms with E-state index >= 15 is 0 Å². The third-order valence-corrected chi connectivity index (χ3v) is 5.23. The minimum absolute atomic E-state index is 0.515. The molecular weight excluding hydrogens is 312 g/mol. The van der Waals surface area contributed by atoms with Crippen LogP contribution in [0, 0.1) is 13.8 Å². The molecule has 0 bridgehead atoms. The summed E-state index contributed by atoms with van der Waals surface area (Å²) in [6, 6.07) is 14.5. The predicted octanol–water partition coefficient (Wildman–Crippen LogP) is 3.97. The Labute approximate surface area is 147 Å². The monoisotopic (exact) mass is 334 g/mol. The molecule has 25 heavy (non-hydrogen) atoms. The van der Waals surface area contributed by atoms with Gasteiger partial charge in [0, 0.05) is 36.2 Å². The van der Waals surface area contributed by atoms with E-state index in [1.807, 2.05) is 18.2 Å². The fourth-order valence-electron chi connectivity index (χ4n) is 3.97. The van der Waals surface area contributed by atoms with Crippen LogP contribution >= 0.6 is 0 Å². The molecule has 1 aliphatic rings. The van der Waals surface area contributed by atoms with Crippen molar-refractivity contribution < 1.29 is 9.90 Å². The van der Waals surface area contributed by atoms with Gasteiger partial charge in [-0.1, -0.05) is 42.5 Å². The molecule has 1 aromatic heterocycles. The molecule has 0 amide bonds. The summed E-state index contributed by atoms with van der Waals surface area (Å²) in [6.07, 6.45) is 0. The smallest absolute Gasteiger partial charge is 0.313 e. The summed E-state index contributed by atoms with van der Waals surface area (Å²) in [6.45, 7) is 6.24. The van der Waals surface area contributed by atoms with Crippen molar-refractivity contribution in [2.75, 3.05) is 6.54 Å². The number of carbonyl (C=O) groups is 1. The van der Waals surface area contributed by atoms with Crippen molar-refractivity contribution in [1.82, 2.24) is 9.88 Å². The van der Waals surface area contributed by atoms with Crippen molar-refractivity contribution >= 4 is 16.9 Å². The third kappa shape index (κ3) is 2.72. The maximum absolute atomic E-state index is 11.9. The van der Waals surface area contributed by atoms with Crippen molar-refractivity contribution in [2.24, 2.45) is 0 Å². The molecular formula is C21H22N2O2. The maximum atomic E-state index is 11.9. The molecule has 4 nitrogen and oxygen atoms in total. The van der Waals surface area contributed by atoms with Gasteiger partial charge in [-0.3, -0.25) is 9.69 Å². The van der Waals surface area contributed by atoms with Gasteiger partial charge in [-0.25, -0.2) is 0 Å². The standard InChI is InChI=1S/C21H22N2O2/c1-13-8-9-14(2)19-18(13)16-11-23(10-15-6-4-3-5-7-15)12-17(21(24)25)20(16)22-19/h3-9,17,22H,10-12H2,1-2H3,(H,24,25). The highest BCUT2D eigenvalue weighted by Crippen LogP contribution is 2.37. The number of aromatic nitrogens is 1. The minimum Gasteiger partial charge on any atom is -0.481 e. The molecule has 2 heterocycles. The number of carboxylic acid groups (broad SMARTS) is 1. The number of nitrogens with zero attached hydrogens (tertiary/aromatic N) is 1. The number of fused-ring (bicyclic) bond motifs is 3. The summed E-state index contributed by atoms with van der Waals surface area (Å²) in [5.41, 5.74) is 6.67. The molecule has 0 aliphatic carbocycles. The molecule has 0 saturated heterocycles. The van der Waals surface area contributed by atoms with Gasteiger partial charge < -0.3 is 10.1 Å². The van der Waals surface area contributed by atoms with Crippen molar-refractivity contribution in [2.45, 2.75) is 32.9 Å². The third-order valence-electron chi connectivity index (χ3n) is 5.23. The molecule has 4 rings (SSSR count). The second-order valence-electron chi connectivity index (χ2n) is 7.01. The molecule has 0 radical (unpaired) electrons. The second-order valence-corrected chi connectivity index (χ2v) is 7.01. The van der Waals surface area contributed by atoms with Gasteiger partial charge in [-0.15, -0.1) is 0 Å². The van der Waals surface area contributed by atoms with Crippen LogP contribution in [0.15, 0.2) is 42.5 Å². The minimum atomic E-state index is -0.763. The van der Waals surface area contributed by atoms with Gasteiger partial charge in [-0.05, 0) is 36.1 Å². The van der Waals surface area contributed by atoms with E-state index in [1.54, 1.807) is 0 Å². The molecule has 1 unspecified atom stereocenters. The zero-order valence-electron chi connectivity index (χ0n) is 14.5. The Kier molecular flexibility index (Phi) is 3.85. The Bertz CT molecular complexity index is 943. The van der Waals surface area contributed by atoms with E-state index in [0.717, 1.165) is 35.4 Å². The first-order chi connectivity index (χ1) is 12.0. The Balaban J connectivity index is 1.80. The number of aromatic amines is 1. The lowest BCUT2D eigenvalue weighted by Gasteiger charge is -2.31. The van der Waals surface area contributed by atoms with E-state index in [1.165, 1.54) is 16.5 Å². The van der Waals surface area contributed by atoms with Gasteiger partial charge in [0.1, 0.15) is 5.92 Å². The molecule has 0 saturated carbocycles. The van der Waals surface area contributed by atoms with Crippen molar-refractivity contribution in [3.63, 3.8) is 0 Å². The van der Waals surface area contributed by atoms with Crippen LogP contribution in [0.2, 0.25) is 0 Å². The number of rotatable bonds is 3. The zero-order valence-corrected chi connectivity index (χ0v) is 14.5. The SMILES string of the molecule is Cc1ccc(C)c2c3c([nH]c12)C(C(=O)O)CN(Cc1ccccc1)C3. The average Bonchev–Trinajstić information content (AvgIpc) is 2.99. The molecule has 0 spiro atoms. The molecule has 1 aliphatic heterocycles. The largest absolute Gasteiger partial charge is 0.481 e. The summed E-state index contributed by atoms with van der Waals surface area (Å²) in [4.78, 5) is 17.6. The van der Waals surface area contributed by atoms with Crippen LogP contribution in [0.25, 0.3) is 10.9 Å². The Hall–Kier alpha value is -2.59. The molecule has 4 heteroatoms. The van der Waals surface area contributed by atoms with Crippen LogP contribution in [0.3, 0.4) is 0 Å². The number of aryl methyl sites for hydroxylation is 2. The quantitative estimate of drug-likeness (QED) is 0.762. The number of nitrogens with one attached hydrogen (secondary N) is 1. The fourth-order valence-corrected chi connectivity index (χ4v) is 3.97. The van der Waals surface area contributed by atoms with Gasteiger partial charge in [0.25, 0.3) is 0 Å². The Morgan fingerprint density at radius 3 is 2.60 bits per heavy atom. The number of H-pyrrole nitrogens is 1. The number of hydrogen-bond acceptors (Lipinski definition) is 2. The van der Waals surface area contributed by atoms with E-state index in [0.29, 0.717) is 6.54 Å². The molecule has 3 aromatic rings. The topological polar surface area (TPSA) is 56.3 Å². The van der Waals surface area contributed by atoms with Crippen LogP contribution < -0.4 is 0 Å². The number of aliphatic carboxylic acids is 1. The maximum Gasteiger partial charge on any atom is 0.313 e. The van der Waals surface area contributed by atoms with Crippen LogP contribution in [0.5, 0.6) is 0 Å². The van der Waals surface area contributed by atoms with E-state index in [4.69, 9.17) is 0 Å². The van der Waals surface area contributed by atoms with Crippen molar-refractivity contribution in [3.05, 3.63) is 70.4 Å². The number of benzene rings is 2. The molecule has 1 atom stereocenters. The molecule has 2 N–H and O–H groups in total. The zero-order chi connectivity index (χ0) is 17.6. The van der Waals surface area contributed by atoms with E-state index in [-0.39, 0.29) is 0 Å². The fraction of sp³-hybridized carbons (Fsp3) is 0.286. The lowest BCUT2D eigenvalue weighted by Crippen LogP contribution is -2.36. The van der Waals surface area contributed by atoms with Gasteiger partial charge in [0.15, 0.2) is 0 Å². The van der Waals surface area contributed by atoms with E-state index < -0.39 is 11.9 Å². The van der Waals surface area contributed by atoms with Gasteiger partial charge >= 0.3 is 5.97 Å². The van der Waals surface area contributed by atoms with Crippen LogP contribution in [0.4, 0.5) is 0 Å². The van der Waals surface area contributed by atoms with E-state index in [9.17, 15) is 9.90 Å². The molecule has 0 fully saturated rings. The highest BCUT2D eigenvalue weighted by Gasteiger charge is 2.33. The first-order valence-corrected chi connectivity index (χ1v) is 8.64. The predicted molar refractivity (Wildman–Crippen MR) is 98.7 cm³/mol. The van der Waals surface area contributed by atoms with Crippen LogP contribution in [-0.2, 0) is 17.9 Å². The van der Waals surface area contributed by atoms with E-state index in [2.05, 4.69) is 48.0 Å². The number of hydrogen-bond donors (Lipinski definition) is 2. The Morgan fingerprint density at radius 1 is 1.16 bits per heavy atom. The first-order valence-electron chi connectivity index (χ1n) is 8.64. The lowest BCUT2D eigenvalue weighted by molar-refractivity contribution is -0.139. The summed E-state index contributed by atoms with van der Waals surface area (Å²) in [7, 11) is 0. The van der Waals surface area contributed by atoms with Gasteiger partial charge in [0.2, 0.25) is 0 Å². The molecule has 128 valence electrons. The summed E-state index contributed by atoms with van der Waals surface area (Å²) >= 11 is 0. The number of carboxylic acids is 1. The summed E-state index contributed by atoms with van der Waals surface area (Å²) < 4.78 is 0.